The van der Waals surface area contributed by atoms with Crippen LogP contribution in [0.1, 0.15) is 15.9 Å². The van der Waals surface area contributed by atoms with E-state index in [-0.39, 0.29) is 11.3 Å². The Labute approximate surface area is 165 Å². The molecular weight excluding hydrogens is 382 g/mol. The van der Waals surface area contributed by atoms with Gasteiger partial charge in [0.15, 0.2) is 0 Å². The number of phenolic OH excluding ortho intramolecular Hbond substituents is 1. The van der Waals surface area contributed by atoms with Crippen LogP contribution in [-0.2, 0) is 11.2 Å². The van der Waals surface area contributed by atoms with Gasteiger partial charge < -0.3 is 19.3 Å². The summed E-state index contributed by atoms with van der Waals surface area (Å²) in [5.41, 5.74) is 3.30. The average Bonchev–Trinajstić information content (AvgIpc) is 3.34. The van der Waals surface area contributed by atoms with Gasteiger partial charge in [-0.15, -0.1) is 11.3 Å². The van der Waals surface area contributed by atoms with Gasteiger partial charge >= 0.3 is 5.97 Å². The highest BCUT2D eigenvalue weighted by molar-refractivity contribution is 8.02. The zero-order valence-electron chi connectivity index (χ0n) is 14.5. The number of esters is 1. The fourth-order valence-electron chi connectivity index (χ4n) is 2.86. The summed E-state index contributed by atoms with van der Waals surface area (Å²) in [5, 5.41) is 9.96. The summed E-state index contributed by atoms with van der Waals surface area (Å²) < 4.78 is 14.5. The highest BCUT2D eigenvalue weighted by atomic mass is 32.2. The molecule has 0 radical (unpaired) electrons. The van der Waals surface area contributed by atoms with Crippen molar-refractivity contribution in [2.75, 3.05) is 18.4 Å². The molecule has 0 aliphatic carbocycles. The zero-order chi connectivity index (χ0) is 18.8. The first-order valence-electron chi connectivity index (χ1n) is 8.34. The average molecular weight is 399 g/mol. The van der Waals surface area contributed by atoms with Crippen molar-refractivity contribution in [3.8, 4) is 21.9 Å². The summed E-state index contributed by atoms with van der Waals surface area (Å²) in [4.78, 5) is 12.7. The molecule has 27 heavy (non-hydrogen) atoms. The number of ether oxygens (including phenoxy) is 2. The van der Waals surface area contributed by atoms with Gasteiger partial charge in [-0.1, -0.05) is 0 Å². The fraction of sp³-hybridized carbons (Fsp3) is 0.150. The molecule has 0 saturated heterocycles. The summed E-state index contributed by atoms with van der Waals surface area (Å²) in [7, 11) is 1.28. The van der Waals surface area contributed by atoms with Crippen LogP contribution < -0.4 is 9.46 Å². The van der Waals surface area contributed by atoms with Crippen LogP contribution in [0.2, 0.25) is 0 Å². The molecule has 1 aliphatic rings. The third-order valence-corrected chi connectivity index (χ3v) is 6.33. The maximum atomic E-state index is 11.5. The topological polar surface area (TPSA) is 67.8 Å². The van der Waals surface area contributed by atoms with Crippen molar-refractivity contribution in [2.24, 2.45) is 0 Å². The first-order chi connectivity index (χ1) is 13.1. The number of phenols is 1. The van der Waals surface area contributed by atoms with Gasteiger partial charge in [-0.25, -0.2) is 4.79 Å². The van der Waals surface area contributed by atoms with Crippen LogP contribution in [0.25, 0.3) is 10.4 Å². The second-order valence-electron chi connectivity index (χ2n) is 5.97. The van der Waals surface area contributed by atoms with E-state index < -0.39 is 5.97 Å². The molecule has 0 amide bonds. The van der Waals surface area contributed by atoms with Gasteiger partial charge in [0.05, 0.1) is 17.9 Å². The number of hydrogen-bond donors (Lipinski definition) is 2. The monoisotopic (exact) mass is 399 g/mol. The Bertz CT molecular complexity index is 999. The van der Waals surface area contributed by atoms with Crippen LogP contribution in [0.5, 0.6) is 11.5 Å². The molecule has 0 bridgehead atoms. The number of thiophene rings is 1. The largest absolute Gasteiger partial charge is 0.507 e. The smallest absolute Gasteiger partial charge is 0.341 e. The predicted octanol–water partition coefficient (Wildman–Crippen LogP) is 4.96. The van der Waals surface area contributed by atoms with Crippen LogP contribution in [-0.4, -0.2) is 24.8 Å². The maximum absolute atomic E-state index is 11.5. The van der Waals surface area contributed by atoms with Crippen molar-refractivity contribution in [2.45, 2.75) is 10.6 Å². The van der Waals surface area contributed by atoms with E-state index >= 15 is 0 Å². The number of carbonyl (C=O) groups excluding carboxylic acids is 1. The Morgan fingerprint density at radius 3 is 2.93 bits per heavy atom. The van der Waals surface area contributed by atoms with E-state index in [2.05, 4.69) is 33.7 Å². The van der Waals surface area contributed by atoms with Crippen LogP contribution in [0, 0.1) is 0 Å². The van der Waals surface area contributed by atoms with Crippen molar-refractivity contribution >= 4 is 34.9 Å². The molecule has 0 spiro atoms. The summed E-state index contributed by atoms with van der Waals surface area (Å²) in [6, 6.07) is 15.3. The van der Waals surface area contributed by atoms with Crippen molar-refractivity contribution in [1.82, 2.24) is 0 Å². The molecule has 0 saturated carbocycles. The molecule has 138 valence electrons. The first kappa shape index (κ1) is 17.8. The van der Waals surface area contributed by atoms with Crippen molar-refractivity contribution < 1.29 is 19.4 Å². The lowest BCUT2D eigenvalue weighted by molar-refractivity contribution is 0.0597. The summed E-state index contributed by atoms with van der Waals surface area (Å²) in [5.74, 6) is 0.316. The minimum Gasteiger partial charge on any atom is -0.507 e. The number of fused-ring (bicyclic) bond motifs is 1. The number of rotatable bonds is 5. The van der Waals surface area contributed by atoms with E-state index in [0.717, 1.165) is 23.0 Å². The number of aromatic hydroxyl groups is 1. The SMILES string of the molecule is COC(=O)c1ccc(NSc2ccc(-c3ccc4c(c3)CCO4)s2)cc1O. The molecule has 3 aromatic rings. The van der Waals surface area contributed by atoms with Gasteiger partial charge in [0, 0.05) is 23.1 Å². The Hall–Kier alpha value is -2.64. The van der Waals surface area contributed by atoms with Crippen molar-refractivity contribution in [3.63, 3.8) is 0 Å². The van der Waals surface area contributed by atoms with Gasteiger partial charge in [0.2, 0.25) is 0 Å². The molecular formula is C20H17NO4S2. The van der Waals surface area contributed by atoms with Gasteiger partial charge in [-0.05, 0) is 65.5 Å². The van der Waals surface area contributed by atoms with Gasteiger partial charge in [0.1, 0.15) is 17.1 Å². The standard InChI is InChI=1S/C20H17NO4S2/c1-24-20(23)15-4-3-14(11-16(15)22)21-27-19-7-6-18(26-19)13-2-5-17-12(10-13)8-9-25-17/h2-7,10-11,21-22H,8-9H2,1H3. The third kappa shape index (κ3) is 3.74. The molecule has 0 unspecified atom stereocenters. The molecule has 1 aliphatic heterocycles. The molecule has 1 aromatic heterocycles. The number of methoxy groups -OCH3 is 1. The molecule has 7 heteroatoms. The van der Waals surface area contributed by atoms with Crippen LogP contribution in [0.15, 0.2) is 52.7 Å². The normalized spacial score (nSPS) is 12.3. The Balaban J connectivity index is 1.44. The van der Waals surface area contributed by atoms with Gasteiger partial charge in [0.25, 0.3) is 0 Å². The number of carbonyl (C=O) groups is 1. The highest BCUT2D eigenvalue weighted by Crippen LogP contribution is 2.37. The van der Waals surface area contributed by atoms with Crippen LogP contribution in [0.4, 0.5) is 5.69 Å². The fourth-order valence-corrected chi connectivity index (χ4v) is 4.63. The minimum atomic E-state index is -0.561. The van der Waals surface area contributed by atoms with Gasteiger partial charge in [-0.3, -0.25) is 0 Å². The zero-order valence-corrected chi connectivity index (χ0v) is 16.2. The first-order valence-corrected chi connectivity index (χ1v) is 9.97. The second-order valence-corrected chi connectivity index (χ2v) is 8.16. The van der Waals surface area contributed by atoms with E-state index in [4.69, 9.17) is 4.74 Å². The lowest BCUT2D eigenvalue weighted by Crippen LogP contribution is -2.01. The Kier molecular flexibility index (Phi) is 4.96. The second kappa shape index (κ2) is 7.54. The van der Waals surface area contributed by atoms with Crippen molar-refractivity contribution in [3.05, 3.63) is 59.7 Å². The molecule has 2 heterocycles. The van der Waals surface area contributed by atoms with E-state index in [0.29, 0.717) is 5.69 Å². The third-order valence-electron chi connectivity index (χ3n) is 4.23. The summed E-state index contributed by atoms with van der Waals surface area (Å²) in [6.07, 6.45) is 0.961. The molecule has 5 nitrogen and oxygen atoms in total. The molecule has 4 rings (SSSR count). The number of hydrogen-bond acceptors (Lipinski definition) is 7. The Morgan fingerprint density at radius 1 is 1.22 bits per heavy atom. The van der Waals surface area contributed by atoms with Crippen molar-refractivity contribution in [1.29, 1.82) is 0 Å². The van der Waals surface area contributed by atoms with E-state index in [1.54, 1.807) is 17.4 Å². The predicted molar refractivity (Wildman–Crippen MR) is 108 cm³/mol. The number of benzene rings is 2. The number of anilines is 1. The van der Waals surface area contributed by atoms with E-state index in [9.17, 15) is 9.90 Å². The lowest BCUT2D eigenvalue weighted by atomic mass is 10.1. The lowest BCUT2D eigenvalue weighted by Gasteiger charge is -2.07. The molecule has 0 fully saturated rings. The molecule has 2 aromatic carbocycles. The van der Waals surface area contributed by atoms with Gasteiger partial charge in [-0.2, -0.15) is 0 Å². The number of nitrogens with one attached hydrogen (secondary N) is 1. The Morgan fingerprint density at radius 2 is 2.11 bits per heavy atom. The summed E-state index contributed by atoms with van der Waals surface area (Å²) >= 11 is 3.15. The maximum Gasteiger partial charge on any atom is 0.341 e. The molecule has 2 N–H and O–H groups in total. The quantitative estimate of drug-likeness (QED) is 0.467. The van der Waals surface area contributed by atoms with E-state index in [1.165, 1.54) is 47.2 Å². The highest BCUT2D eigenvalue weighted by Gasteiger charge is 2.14. The molecule has 0 atom stereocenters. The van der Waals surface area contributed by atoms with Crippen LogP contribution >= 0.6 is 23.3 Å². The minimum absolute atomic E-state index is 0.111. The van der Waals surface area contributed by atoms with E-state index in [1.807, 2.05) is 6.07 Å². The van der Waals surface area contributed by atoms with Crippen LogP contribution in [0.3, 0.4) is 0 Å². The summed E-state index contributed by atoms with van der Waals surface area (Å²) in [6.45, 7) is 0.760.